The molecule has 0 radical (unpaired) electrons. The summed E-state index contributed by atoms with van der Waals surface area (Å²) in [5.41, 5.74) is 3.42. The van der Waals surface area contributed by atoms with Crippen molar-refractivity contribution < 1.29 is 0 Å². The summed E-state index contributed by atoms with van der Waals surface area (Å²) in [6.07, 6.45) is 5.33. The SMILES string of the molecule is Cc1ccccc1C(CCC(C)(C)C)CNC1CC1. The molecular weight excluding hydrogens is 230 g/mol. The van der Waals surface area contributed by atoms with Gasteiger partial charge in [0, 0.05) is 12.6 Å². The monoisotopic (exact) mass is 259 g/mol. The van der Waals surface area contributed by atoms with E-state index >= 15 is 0 Å². The van der Waals surface area contributed by atoms with Gasteiger partial charge in [-0.15, -0.1) is 0 Å². The summed E-state index contributed by atoms with van der Waals surface area (Å²) < 4.78 is 0. The van der Waals surface area contributed by atoms with E-state index in [1.54, 1.807) is 5.56 Å². The third kappa shape index (κ3) is 4.99. The first kappa shape index (κ1) is 14.6. The fourth-order valence-electron chi connectivity index (χ4n) is 2.62. The van der Waals surface area contributed by atoms with Gasteiger partial charge in [-0.3, -0.25) is 0 Å². The average molecular weight is 259 g/mol. The van der Waals surface area contributed by atoms with Gasteiger partial charge in [-0.2, -0.15) is 0 Å². The maximum absolute atomic E-state index is 3.72. The van der Waals surface area contributed by atoms with E-state index in [1.165, 1.54) is 31.2 Å². The molecule has 2 rings (SSSR count). The van der Waals surface area contributed by atoms with E-state index in [0.29, 0.717) is 11.3 Å². The number of rotatable bonds is 6. The Hall–Kier alpha value is -0.820. The predicted octanol–water partition coefficient (Wildman–Crippen LogP) is 4.66. The molecule has 1 aromatic rings. The van der Waals surface area contributed by atoms with Gasteiger partial charge in [-0.1, -0.05) is 45.0 Å². The topological polar surface area (TPSA) is 12.0 Å². The van der Waals surface area contributed by atoms with Crippen molar-refractivity contribution in [1.29, 1.82) is 0 Å². The first-order valence-corrected chi connectivity index (χ1v) is 7.74. The molecule has 1 N–H and O–H groups in total. The molecule has 1 nitrogen and oxygen atoms in total. The van der Waals surface area contributed by atoms with Crippen molar-refractivity contribution in [3.8, 4) is 0 Å². The molecule has 1 unspecified atom stereocenters. The van der Waals surface area contributed by atoms with E-state index in [0.717, 1.165) is 12.6 Å². The minimum atomic E-state index is 0.431. The molecule has 1 saturated carbocycles. The molecule has 1 aliphatic carbocycles. The number of hydrogen-bond donors (Lipinski definition) is 1. The Morgan fingerprint density at radius 1 is 1.21 bits per heavy atom. The third-order valence-electron chi connectivity index (χ3n) is 4.10. The fraction of sp³-hybridized carbons (Fsp3) is 0.667. The number of benzene rings is 1. The van der Waals surface area contributed by atoms with Gasteiger partial charge < -0.3 is 5.32 Å². The van der Waals surface area contributed by atoms with E-state index in [1.807, 2.05) is 0 Å². The molecule has 0 saturated heterocycles. The highest BCUT2D eigenvalue weighted by molar-refractivity contribution is 5.29. The summed E-state index contributed by atoms with van der Waals surface area (Å²) in [7, 11) is 0. The van der Waals surface area contributed by atoms with Crippen molar-refractivity contribution in [2.24, 2.45) is 5.41 Å². The zero-order chi connectivity index (χ0) is 13.9. The second kappa shape index (κ2) is 6.09. The first-order valence-electron chi connectivity index (χ1n) is 7.74. The lowest BCUT2D eigenvalue weighted by atomic mass is 9.83. The molecule has 1 fully saturated rings. The lowest BCUT2D eigenvalue weighted by Crippen LogP contribution is -2.25. The molecule has 19 heavy (non-hydrogen) atoms. The molecule has 0 amide bonds. The summed E-state index contributed by atoms with van der Waals surface area (Å²) in [5, 5.41) is 3.72. The van der Waals surface area contributed by atoms with Crippen molar-refractivity contribution in [3.63, 3.8) is 0 Å². The Bertz CT molecular complexity index is 398. The standard InChI is InChI=1S/C18H29N/c1-14-7-5-6-8-17(14)15(11-12-18(2,3)4)13-19-16-9-10-16/h5-8,15-16,19H,9-13H2,1-4H3. The van der Waals surface area contributed by atoms with Crippen LogP contribution in [0.15, 0.2) is 24.3 Å². The van der Waals surface area contributed by atoms with Gasteiger partial charge >= 0.3 is 0 Å². The van der Waals surface area contributed by atoms with Gasteiger partial charge in [0.25, 0.3) is 0 Å². The molecule has 0 bridgehead atoms. The maximum atomic E-state index is 3.72. The fourth-order valence-corrected chi connectivity index (χ4v) is 2.62. The largest absolute Gasteiger partial charge is 0.313 e. The first-order chi connectivity index (χ1) is 8.96. The van der Waals surface area contributed by atoms with Gasteiger partial charge in [-0.05, 0) is 55.1 Å². The molecule has 1 aliphatic rings. The number of hydrogen-bond acceptors (Lipinski definition) is 1. The highest BCUT2D eigenvalue weighted by Crippen LogP contribution is 2.31. The van der Waals surface area contributed by atoms with Crippen LogP contribution in [0.25, 0.3) is 0 Å². The molecule has 0 spiro atoms. The van der Waals surface area contributed by atoms with Crippen LogP contribution in [0, 0.1) is 12.3 Å². The van der Waals surface area contributed by atoms with E-state index in [2.05, 4.69) is 57.3 Å². The zero-order valence-electron chi connectivity index (χ0n) is 13.0. The minimum absolute atomic E-state index is 0.431. The Morgan fingerprint density at radius 3 is 2.47 bits per heavy atom. The van der Waals surface area contributed by atoms with E-state index < -0.39 is 0 Å². The van der Waals surface area contributed by atoms with Gasteiger partial charge in [0.15, 0.2) is 0 Å². The summed E-state index contributed by atoms with van der Waals surface area (Å²) in [6.45, 7) is 10.4. The van der Waals surface area contributed by atoms with Crippen LogP contribution >= 0.6 is 0 Å². The molecule has 0 aromatic heterocycles. The van der Waals surface area contributed by atoms with Crippen molar-refractivity contribution in [3.05, 3.63) is 35.4 Å². The second-order valence-electron chi connectivity index (χ2n) is 7.34. The Morgan fingerprint density at radius 2 is 1.89 bits per heavy atom. The van der Waals surface area contributed by atoms with E-state index in [9.17, 15) is 0 Å². The van der Waals surface area contributed by atoms with Crippen molar-refractivity contribution >= 4 is 0 Å². The predicted molar refractivity (Wildman–Crippen MR) is 83.6 cm³/mol. The Kier molecular flexibility index (Phi) is 4.67. The molecule has 0 heterocycles. The normalized spacial score (nSPS) is 17.5. The van der Waals surface area contributed by atoms with Gasteiger partial charge in [0.1, 0.15) is 0 Å². The van der Waals surface area contributed by atoms with Crippen LogP contribution in [0.5, 0.6) is 0 Å². The molecule has 1 aromatic carbocycles. The Balaban J connectivity index is 2.01. The van der Waals surface area contributed by atoms with Crippen LogP contribution in [0.1, 0.15) is 63.5 Å². The Labute approximate surface area is 118 Å². The minimum Gasteiger partial charge on any atom is -0.313 e. The van der Waals surface area contributed by atoms with Crippen LogP contribution in [0.4, 0.5) is 0 Å². The van der Waals surface area contributed by atoms with Crippen molar-refractivity contribution in [2.45, 2.75) is 65.3 Å². The average Bonchev–Trinajstić information content (AvgIpc) is 3.13. The number of nitrogens with one attached hydrogen (secondary N) is 1. The van der Waals surface area contributed by atoms with Gasteiger partial charge in [-0.25, -0.2) is 0 Å². The highest BCUT2D eigenvalue weighted by Gasteiger charge is 2.24. The van der Waals surface area contributed by atoms with Crippen LogP contribution in [0.2, 0.25) is 0 Å². The van der Waals surface area contributed by atoms with Crippen molar-refractivity contribution in [1.82, 2.24) is 5.32 Å². The third-order valence-corrected chi connectivity index (χ3v) is 4.10. The molecule has 106 valence electrons. The lowest BCUT2D eigenvalue weighted by molar-refractivity contribution is 0.344. The second-order valence-corrected chi connectivity index (χ2v) is 7.34. The lowest BCUT2D eigenvalue weighted by Gasteiger charge is -2.25. The molecule has 0 aliphatic heterocycles. The summed E-state index contributed by atoms with van der Waals surface area (Å²) in [6, 6.07) is 9.70. The van der Waals surface area contributed by atoms with Crippen LogP contribution in [-0.4, -0.2) is 12.6 Å². The zero-order valence-corrected chi connectivity index (χ0v) is 13.0. The van der Waals surface area contributed by atoms with Gasteiger partial charge in [0.05, 0.1) is 0 Å². The summed E-state index contributed by atoms with van der Waals surface area (Å²) in [4.78, 5) is 0. The van der Waals surface area contributed by atoms with Gasteiger partial charge in [0.2, 0.25) is 0 Å². The van der Waals surface area contributed by atoms with E-state index in [4.69, 9.17) is 0 Å². The highest BCUT2D eigenvalue weighted by atomic mass is 14.9. The molecule has 1 atom stereocenters. The van der Waals surface area contributed by atoms with Crippen molar-refractivity contribution in [2.75, 3.05) is 6.54 Å². The maximum Gasteiger partial charge on any atom is 0.00684 e. The van der Waals surface area contributed by atoms with Crippen LogP contribution < -0.4 is 5.32 Å². The molecular formula is C18H29N. The summed E-state index contributed by atoms with van der Waals surface area (Å²) >= 11 is 0. The quantitative estimate of drug-likeness (QED) is 0.783. The van der Waals surface area contributed by atoms with Crippen LogP contribution in [0.3, 0.4) is 0 Å². The van der Waals surface area contributed by atoms with E-state index in [-0.39, 0.29) is 0 Å². The smallest absolute Gasteiger partial charge is 0.00684 e. The number of aryl methyl sites for hydroxylation is 1. The van der Waals surface area contributed by atoms with Crippen LogP contribution in [-0.2, 0) is 0 Å². The molecule has 1 heteroatoms. The summed E-state index contributed by atoms with van der Waals surface area (Å²) in [5.74, 6) is 0.668.